The highest BCUT2D eigenvalue weighted by Gasteiger charge is 2.20. The normalized spacial score (nSPS) is 10.7. The van der Waals surface area contributed by atoms with Crippen LogP contribution in [0.2, 0.25) is 0 Å². The Morgan fingerprint density at radius 1 is 0.889 bits per heavy atom. The van der Waals surface area contributed by atoms with E-state index in [4.69, 9.17) is 0 Å². The number of hydrogen-bond donors (Lipinski definition) is 1. The van der Waals surface area contributed by atoms with Gasteiger partial charge in [0.15, 0.2) is 0 Å². The van der Waals surface area contributed by atoms with Crippen LogP contribution in [-0.2, 0) is 0 Å². The Labute approximate surface area is 166 Å². The Morgan fingerprint density at radius 3 is 2.30 bits per heavy atom. The fourth-order valence-corrected chi connectivity index (χ4v) is 3.51. The van der Waals surface area contributed by atoms with Crippen LogP contribution in [0.3, 0.4) is 0 Å². The first-order chi connectivity index (χ1) is 13.1. The van der Waals surface area contributed by atoms with Gasteiger partial charge in [0.2, 0.25) is 0 Å². The number of aryl methyl sites for hydroxylation is 1. The van der Waals surface area contributed by atoms with Gasteiger partial charge < -0.3 is 5.32 Å². The lowest BCUT2D eigenvalue weighted by Gasteiger charge is -2.16. The molecule has 0 spiro atoms. The molecule has 0 radical (unpaired) electrons. The maximum atomic E-state index is 13.2. The van der Waals surface area contributed by atoms with Crippen molar-refractivity contribution in [2.75, 3.05) is 5.32 Å². The SMILES string of the molecule is Cc1nc2ccccc2c(-c2ccccc2)c1C(=O)Nc1ccc(Br)cc1. The third-order valence-electron chi connectivity index (χ3n) is 4.46. The van der Waals surface area contributed by atoms with Crippen LogP contribution < -0.4 is 5.32 Å². The van der Waals surface area contributed by atoms with Crippen LogP contribution in [0.15, 0.2) is 83.3 Å². The second-order valence-corrected chi connectivity index (χ2v) is 7.21. The smallest absolute Gasteiger partial charge is 0.258 e. The number of nitrogens with one attached hydrogen (secondary N) is 1. The van der Waals surface area contributed by atoms with Gasteiger partial charge in [-0.1, -0.05) is 64.5 Å². The Bertz CT molecular complexity index is 1120. The van der Waals surface area contributed by atoms with Gasteiger partial charge in [0, 0.05) is 21.1 Å². The largest absolute Gasteiger partial charge is 0.322 e. The molecule has 1 N–H and O–H groups in total. The van der Waals surface area contributed by atoms with Crippen LogP contribution in [0, 0.1) is 6.92 Å². The first-order valence-electron chi connectivity index (χ1n) is 8.65. The summed E-state index contributed by atoms with van der Waals surface area (Å²) in [6.07, 6.45) is 0. The number of hydrogen-bond acceptors (Lipinski definition) is 2. The highest BCUT2D eigenvalue weighted by atomic mass is 79.9. The number of para-hydroxylation sites is 1. The monoisotopic (exact) mass is 416 g/mol. The first-order valence-corrected chi connectivity index (χ1v) is 9.44. The summed E-state index contributed by atoms with van der Waals surface area (Å²) in [5.41, 5.74) is 4.85. The van der Waals surface area contributed by atoms with E-state index in [1.54, 1.807) is 0 Å². The third kappa shape index (κ3) is 3.49. The molecule has 4 rings (SSSR count). The predicted molar refractivity (Wildman–Crippen MR) is 114 cm³/mol. The molecule has 0 saturated heterocycles. The Kier molecular flexibility index (Phi) is 4.73. The molecule has 0 unspecified atom stereocenters. The number of benzene rings is 3. The lowest BCUT2D eigenvalue weighted by molar-refractivity contribution is 0.102. The topological polar surface area (TPSA) is 42.0 Å². The number of halogens is 1. The predicted octanol–water partition coefficient (Wildman–Crippen LogP) is 6.23. The number of nitrogens with zero attached hydrogens (tertiary/aromatic N) is 1. The van der Waals surface area contributed by atoms with Crippen molar-refractivity contribution >= 4 is 38.4 Å². The average molecular weight is 417 g/mol. The molecule has 4 aromatic rings. The number of fused-ring (bicyclic) bond motifs is 1. The minimum atomic E-state index is -0.160. The van der Waals surface area contributed by atoms with Gasteiger partial charge >= 0.3 is 0 Å². The first kappa shape index (κ1) is 17.4. The van der Waals surface area contributed by atoms with Crippen molar-refractivity contribution in [1.82, 2.24) is 4.98 Å². The van der Waals surface area contributed by atoms with Crippen LogP contribution in [0.4, 0.5) is 5.69 Å². The third-order valence-corrected chi connectivity index (χ3v) is 4.99. The molecule has 3 aromatic carbocycles. The molecule has 0 fully saturated rings. The summed E-state index contributed by atoms with van der Waals surface area (Å²) < 4.78 is 0.967. The Balaban J connectivity index is 1.90. The van der Waals surface area contributed by atoms with E-state index >= 15 is 0 Å². The average Bonchev–Trinajstić information content (AvgIpc) is 2.69. The Hall–Kier alpha value is -2.98. The molecular weight excluding hydrogens is 400 g/mol. The maximum Gasteiger partial charge on any atom is 0.258 e. The van der Waals surface area contributed by atoms with Crippen molar-refractivity contribution in [3.8, 4) is 11.1 Å². The standard InChI is InChI=1S/C23H17BrN2O/c1-15-21(23(27)26-18-13-11-17(24)12-14-18)22(16-7-3-2-4-8-16)19-9-5-6-10-20(19)25-15/h2-14H,1H3,(H,26,27). The highest BCUT2D eigenvalue weighted by molar-refractivity contribution is 9.10. The van der Waals surface area contributed by atoms with E-state index in [-0.39, 0.29) is 5.91 Å². The maximum absolute atomic E-state index is 13.2. The molecule has 3 nitrogen and oxygen atoms in total. The van der Waals surface area contributed by atoms with Crippen molar-refractivity contribution in [3.05, 3.63) is 94.6 Å². The van der Waals surface area contributed by atoms with E-state index in [9.17, 15) is 4.79 Å². The van der Waals surface area contributed by atoms with E-state index in [1.165, 1.54) is 0 Å². The fraction of sp³-hybridized carbons (Fsp3) is 0.0435. The molecule has 27 heavy (non-hydrogen) atoms. The number of carbonyl (C=O) groups is 1. The van der Waals surface area contributed by atoms with Crippen molar-refractivity contribution < 1.29 is 4.79 Å². The van der Waals surface area contributed by atoms with Crippen LogP contribution in [0.25, 0.3) is 22.0 Å². The van der Waals surface area contributed by atoms with Crippen molar-refractivity contribution in [2.45, 2.75) is 6.92 Å². The number of rotatable bonds is 3. The molecule has 1 amide bonds. The number of carbonyl (C=O) groups excluding carboxylic acids is 1. The molecule has 0 atom stereocenters. The summed E-state index contributed by atoms with van der Waals surface area (Å²) in [5.74, 6) is -0.160. The summed E-state index contributed by atoms with van der Waals surface area (Å²) in [6.45, 7) is 1.88. The molecule has 0 aliphatic rings. The number of pyridine rings is 1. The zero-order chi connectivity index (χ0) is 18.8. The van der Waals surface area contributed by atoms with Gasteiger partial charge in [-0.3, -0.25) is 9.78 Å². The quantitative estimate of drug-likeness (QED) is 0.430. The molecular formula is C23H17BrN2O. The highest BCUT2D eigenvalue weighted by Crippen LogP contribution is 2.33. The lowest BCUT2D eigenvalue weighted by atomic mass is 9.94. The molecule has 0 aliphatic heterocycles. The van der Waals surface area contributed by atoms with Crippen LogP contribution in [-0.4, -0.2) is 10.9 Å². The summed E-state index contributed by atoms with van der Waals surface area (Å²) in [6, 6.07) is 25.5. The van der Waals surface area contributed by atoms with E-state index in [1.807, 2.05) is 85.8 Å². The number of amides is 1. The summed E-state index contributed by atoms with van der Waals surface area (Å²) >= 11 is 3.41. The molecule has 1 aromatic heterocycles. The minimum Gasteiger partial charge on any atom is -0.322 e. The van der Waals surface area contributed by atoms with E-state index in [0.717, 1.165) is 32.2 Å². The molecule has 132 valence electrons. The molecule has 4 heteroatoms. The van der Waals surface area contributed by atoms with Gasteiger partial charge in [-0.05, 0) is 42.8 Å². The van der Waals surface area contributed by atoms with Crippen LogP contribution in [0.1, 0.15) is 16.1 Å². The van der Waals surface area contributed by atoms with E-state index in [0.29, 0.717) is 11.3 Å². The number of anilines is 1. The zero-order valence-corrected chi connectivity index (χ0v) is 16.3. The lowest BCUT2D eigenvalue weighted by Crippen LogP contribution is -2.16. The van der Waals surface area contributed by atoms with E-state index in [2.05, 4.69) is 26.2 Å². The Morgan fingerprint density at radius 2 is 1.56 bits per heavy atom. The van der Waals surface area contributed by atoms with Crippen LogP contribution in [0.5, 0.6) is 0 Å². The second kappa shape index (κ2) is 7.33. The molecule has 0 saturated carbocycles. The van der Waals surface area contributed by atoms with Crippen LogP contribution >= 0.6 is 15.9 Å². The minimum absolute atomic E-state index is 0.160. The number of aromatic nitrogens is 1. The van der Waals surface area contributed by atoms with Gasteiger partial charge in [0.05, 0.1) is 16.8 Å². The van der Waals surface area contributed by atoms with E-state index < -0.39 is 0 Å². The van der Waals surface area contributed by atoms with Gasteiger partial charge in [0.1, 0.15) is 0 Å². The summed E-state index contributed by atoms with van der Waals surface area (Å²) in [5, 5.41) is 3.97. The summed E-state index contributed by atoms with van der Waals surface area (Å²) in [7, 11) is 0. The van der Waals surface area contributed by atoms with Crippen molar-refractivity contribution in [2.24, 2.45) is 0 Å². The molecule has 1 heterocycles. The van der Waals surface area contributed by atoms with Crippen molar-refractivity contribution in [1.29, 1.82) is 0 Å². The van der Waals surface area contributed by atoms with Gasteiger partial charge in [0.25, 0.3) is 5.91 Å². The molecule has 0 aliphatic carbocycles. The zero-order valence-electron chi connectivity index (χ0n) is 14.7. The van der Waals surface area contributed by atoms with Gasteiger partial charge in [-0.15, -0.1) is 0 Å². The summed E-state index contributed by atoms with van der Waals surface area (Å²) in [4.78, 5) is 17.9. The molecule has 0 bridgehead atoms. The van der Waals surface area contributed by atoms with Gasteiger partial charge in [-0.25, -0.2) is 0 Å². The fourth-order valence-electron chi connectivity index (χ4n) is 3.24. The second-order valence-electron chi connectivity index (χ2n) is 6.29. The van der Waals surface area contributed by atoms with Crippen molar-refractivity contribution in [3.63, 3.8) is 0 Å². The van der Waals surface area contributed by atoms with Gasteiger partial charge in [-0.2, -0.15) is 0 Å².